The highest BCUT2D eigenvalue weighted by Gasteiger charge is 2.26. The minimum atomic E-state index is -0.337. The van der Waals surface area contributed by atoms with E-state index in [1.807, 2.05) is 12.1 Å². The molecular formula is C22H33N5O2. The van der Waals surface area contributed by atoms with Gasteiger partial charge < -0.3 is 16.0 Å². The van der Waals surface area contributed by atoms with Crippen molar-refractivity contribution >= 4 is 23.2 Å². The van der Waals surface area contributed by atoms with Crippen molar-refractivity contribution in [3.05, 3.63) is 24.3 Å². The molecule has 4 rings (SSSR count). The predicted molar refractivity (Wildman–Crippen MR) is 115 cm³/mol. The van der Waals surface area contributed by atoms with Crippen LogP contribution in [0.5, 0.6) is 0 Å². The topological polar surface area (TPSA) is 90.7 Å². The molecule has 1 saturated carbocycles. The van der Waals surface area contributed by atoms with E-state index < -0.39 is 0 Å². The second kappa shape index (κ2) is 9.13. The molecule has 3 fully saturated rings. The maximum Gasteiger partial charge on any atom is 0.249 e. The molecule has 0 spiro atoms. The third-order valence-corrected chi connectivity index (χ3v) is 6.59. The molecule has 2 saturated heterocycles. The minimum Gasteiger partial charge on any atom is -0.374 e. The van der Waals surface area contributed by atoms with Crippen molar-refractivity contribution in [2.45, 2.75) is 50.6 Å². The van der Waals surface area contributed by atoms with E-state index in [1.165, 1.54) is 37.9 Å². The SMILES string of the molecule is NC1CCC(CN2CCN(c3ccc(NC4CCC(=O)NC4=O)cc3)CC2)CC1. The Morgan fingerprint density at radius 2 is 1.66 bits per heavy atom. The number of hydrogen-bond acceptors (Lipinski definition) is 6. The summed E-state index contributed by atoms with van der Waals surface area (Å²) in [7, 11) is 0. The van der Waals surface area contributed by atoms with E-state index in [2.05, 4.69) is 32.6 Å². The Morgan fingerprint density at radius 1 is 0.966 bits per heavy atom. The van der Waals surface area contributed by atoms with E-state index in [-0.39, 0.29) is 17.9 Å². The number of nitrogens with two attached hydrogens (primary N) is 1. The highest BCUT2D eigenvalue weighted by Crippen LogP contribution is 2.25. The molecule has 2 aliphatic heterocycles. The number of carbonyl (C=O) groups excluding carboxylic acids is 2. The number of piperazine rings is 1. The van der Waals surface area contributed by atoms with Gasteiger partial charge in [-0.15, -0.1) is 0 Å². The number of anilines is 2. The maximum absolute atomic E-state index is 11.9. The Balaban J connectivity index is 1.24. The summed E-state index contributed by atoms with van der Waals surface area (Å²) in [4.78, 5) is 28.2. The van der Waals surface area contributed by atoms with Crippen LogP contribution in [0.25, 0.3) is 0 Å². The molecule has 2 heterocycles. The minimum absolute atomic E-state index is 0.186. The van der Waals surface area contributed by atoms with Gasteiger partial charge in [-0.2, -0.15) is 0 Å². The van der Waals surface area contributed by atoms with Crippen LogP contribution in [0.2, 0.25) is 0 Å². The van der Waals surface area contributed by atoms with Gasteiger partial charge in [-0.1, -0.05) is 0 Å². The molecule has 1 aliphatic carbocycles. The van der Waals surface area contributed by atoms with Gasteiger partial charge in [-0.25, -0.2) is 0 Å². The monoisotopic (exact) mass is 399 g/mol. The third-order valence-electron chi connectivity index (χ3n) is 6.59. The number of imide groups is 1. The van der Waals surface area contributed by atoms with Crippen LogP contribution in [-0.2, 0) is 9.59 Å². The summed E-state index contributed by atoms with van der Waals surface area (Å²) in [6, 6.07) is 8.37. The number of nitrogens with one attached hydrogen (secondary N) is 2. The lowest BCUT2D eigenvalue weighted by atomic mass is 9.86. The number of hydrogen-bond donors (Lipinski definition) is 3. The first-order valence-electron chi connectivity index (χ1n) is 11.0. The Hall–Kier alpha value is -2.12. The summed E-state index contributed by atoms with van der Waals surface area (Å²) < 4.78 is 0. The number of piperidine rings is 1. The quantitative estimate of drug-likeness (QED) is 0.651. The van der Waals surface area contributed by atoms with Crippen LogP contribution < -0.4 is 21.3 Å². The van der Waals surface area contributed by atoms with Crippen molar-refractivity contribution in [3.63, 3.8) is 0 Å². The molecule has 1 aromatic rings. The molecule has 158 valence electrons. The standard InChI is InChI=1S/C22H33N5O2/c23-17-3-1-16(2-4-17)15-26-11-13-27(14-12-26)19-7-5-18(6-8-19)24-20-9-10-21(28)25-22(20)29/h5-8,16-17,20,24H,1-4,9-15,23H2,(H,25,28,29). The number of nitrogens with zero attached hydrogens (tertiary/aromatic N) is 2. The van der Waals surface area contributed by atoms with Crippen molar-refractivity contribution in [2.75, 3.05) is 42.9 Å². The van der Waals surface area contributed by atoms with Crippen LogP contribution in [0.4, 0.5) is 11.4 Å². The molecule has 0 radical (unpaired) electrons. The van der Waals surface area contributed by atoms with Crippen molar-refractivity contribution < 1.29 is 9.59 Å². The average molecular weight is 400 g/mol. The first-order chi connectivity index (χ1) is 14.1. The normalized spacial score (nSPS) is 28.9. The number of rotatable bonds is 5. The number of benzene rings is 1. The molecule has 7 heteroatoms. The van der Waals surface area contributed by atoms with Gasteiger partial charge >= 0.3 is 0 Å². The summed E-state index contributed by atoms with van der Waals surface area (Å²) in [5, 5.41) is 5.63. The summed E-state index contributed by atoms with van der Waals surface area (Å²) in [5.74, 6) is 0.398. The second-order valence-corrected chi connectivity index (χ2v) is 8.76. The fourth-order valence-corrected chi connectivity index (χ4v) is 4.73. The predicted octanol–water partition coefficient (Wildman–Crippen LogP) is 1.54. The van der Waals surface area contributed by atoms with E-state index in [0.717, 1.165) is 37.8 Å². The van der Waals surface area contributed by atoms with Gasteiger partial charge in [-0.3, -0.25) is 19.8 Å². The fraction of sp³-hybridized carbons (Fsp3) is 0.636. The molecule has 1 aromatic carbocycles. The van der Waals surface area contributed by atoms with Crippen LogP contribution in [-0.4, -0.2) is 61.5 Å². The van der Waals surface area contributed by atoms with Gasteiger partial charge in [-0.05, 0) is 62.3 Å². The first-order valence-corrected chi connectivity index (χ1v) is 11.0. The molecule has 1 unspecified atom stereocenters. The largest absolute Gasteiger partial charge is 0.374 e. The van der Waals surface area contributed by atoms with Crippen LogP contribution in [0.3, 0.4) is 0 Å². The number of carbonyl (C=O) groups is 2. The molecule has 3 aliphatic rings. The van der Waals surface area contributed by atoms with Crippen LogP contribution in [0, 0.1) is 5.92 Å². The van der Waals surface area contributed by atoms with Gasteiger partial charge in [0.25, 0.3) is 0 Å². The molecular weight excluding hydrogens is 366 g/mol. The summed E-state index contributed by atoms with van der Waals surface area (Å²) >= 11 is 0. The van der Waals surface area contributed by atoms with E-state index >= 15 is 0 Å². The molecule has 4 N–H and O–H groups in total. The molecule has 2 amide bonds. The Bertz CT molecular complexity index is 706. The third kappa shape index (κ3) is 5.28. The van der Waals surface area contributed by atoms with E-state index in [1.54, 1.807) is 0 Å². The first kappa shape index (κ1) is 20.2. The molecule has 1 atom stereocenters. The summed E-state index contributed by atoms with van der Waals surface area (Å²) in [6.07, 6.45) is 5.86. The lowest BCUT2D eigenvalue weighted by molar-refractivity contribution is -0.133. The smallest absolute Gasteiger partial charge is 0.249 e. The highest BCUT2D eigenvalue weighted by molar-refractivity contribution is 6.01. The highest BCUT2D eigenvalue weighted by atomic mass is 16.2. The van der Waals surface area contributed by atoms with Crippen molar-refractivity contribution in [1.82, 2.24) is 10.2 Å². The lowest BCUT2D eigenvalue weighted by Crippen LogP contribution is -2.48. The Kier molecular flexibility index (Phi) is 6.35. The van der Waals surface area contributed by atoms with Crippen LogP contribution in [0.15, 0.2) is 24.3 Å². The van der Waals surface area contributed by atoms with Gasteiger partial charge in [0.15, 0.2) is 0 Å². The van der Waals surface area contributed by atoms with Crippen molar-refractivity contribution in [1.29, 1.82) is 0 Å². The maximum atomic E-state index is 11.9. The zero-order valence-electron chi connectivity index (χ0n) is 17.1. The molecule has 29 heavy (non-hydrogen) atoms. The van der Waals surface area contributed by atoms with E-state index in [4.69, 9.17) is 5.73 Å². The Morgan fingerprint density at radius 3 is 2.31 bits per heavy atom. The van der Waals surface area contributed by atoms with Gasteiger partial charge in [0.1, 0.15) is 6.04 Å². The van der Waals surface area contributed by atoms with E-state index in [9.17, 15) is 9.59 Å². The number of amides is 2. The van der Waals surface area contributed by atoms with Crippen molar-refractivity contribution in [2.24, 2.45) is 11.7 Å². The van der Waals surface area contributed by atoms with Crippen LogP contribution >= 0.6 is 0 Å². The summed E-state index contributed by atoms with van der Waals surface area (Å²) in [5.41, 5.74) is 8.17. The van der Waals surface area contributed by atoms with Gasteiger partial charge in [0.2, 0.25) is 11.8 Å². The zero-order chi connectivity index (χ0) is 20.2. The summed E-state index contributed by atoms with van der Waals surface area (Å²) in [6.45, 7) is 5.53. The fourth-order valence-electron chi connectivity index (χ4n) is 4.73. The molecule has 7 nitrogen and oxygen atoms in total. The second-order valence-electron chi connectivity index (χ2n) is 8.76. The van der Waals surface area contributed by atoms with Crippen molar-refractivity contribution in [3.8, 4) is 0 Å². The van der Waals surface area contributed by atoms with Gasteiger partial charge in [0, 0.05) is 56.6 Å². The lowest BCUT2D eigenvalue weighted by Gasteiger charge is -2.38. The zero-order valence-corrected chi connectivity index (χ0v) is 17.1. The molecule has 0 bridgehead atoms. The Labute approximate surface area is 173 Å². The van der Waals surface area contributed by atoms with Crippen LogP contribution in [0.1, 0.15) is 38.5 Å². The molecule has 0 aromatic heterocycles. The van der Waals surface area contributed by atoms with E-state index in [0.29, 0.717) is 18.9 Å². The van der Waals surface area contributed by atoms with Gasteiger partial charge in [0.05, 0.1) is 0 Å². The average Bonchev–Trinajstić information content (AvgIpc) is 2.73.